The smallest absolute Gasteiger partial charge is 0.252 e. The number of hydrogen-bond acceptors (Lipinski definition) is 1. The molecule has 0 amide bonds. The first-order chi connectivity index (χ1) is 26.2. The summed E-state index contributed by atoms with van der Waals surface area (Å²) in [6.45, 7) is 34.2. The molecule has 0 N–H and O–H groups in total. The summed E-state index contributed by atoms with van der Waals surface area (Å²) in [6.07, 6.45) is 5.80. The highest BCUT2D eigenvalue weighted by molar-refractivity contribution is 7.00. The van der Waals surface area contributed by atoms with E-state index in [1.165, 1.54) is 93.6 Å². The fourth-order valence-corrected chi connectivity index (χ4v) is 9.48. The maximum absolute atomic E-state index is 4.93. The molecule has 56 heavy (non-hydrogen) atoms. The van der Waals surface area contributed by atoms with E-state index in [4.69, 9.17) is 4.99 Å². The lowest BCUT2D eigenvalue weighted by Gasteiger charge is -2.36. The van der Waals surface area contributed by atoms with Crippen molar-refractivity contribution in [3.8, 4) is 11.4 Å². The summed E-state index contributed by atoms with van der Waals surface area (Å²) in [4.78, 5) is 4.93. The molecule has 0 aliphatic carbocycles. The number of allylic oxidation sites excluding steroid dienone is 2. The molecule has 0 bridgehead atoms. The minimum atomic E-state index is -0.0360. The lowest BCUT2D eigenvalue weighted by atomic mass is 9.34. The molecule has 0 fully saturated rings. The van der Waals surface area contributed by atoms with Gasteiger partial charge in [-0.2, -0.15) is 0 Å². The van der Waals surface area contributed by atoms with Crippen LogP contribution in [0.5, 0.6) is 0 Å². The first-order valence-electron chi connectivity index (χ1n) is 20.5. The second-order valence-corrected chi connectivity index (χ2v) is 20.6. The summed E-state index contributed by atoms with van der Waals surface area (Å²) in [5.41, 5.74) is 19.2. The zero-order valence-electron chi connectivity index (χ0n) is 35.8. The van der Waals surface area contributed by atoms with Crippen molar-refractivity contribution in [3.05, 3.63) is 119 Å². The molecule has 7 aromatic rings. The van der Waals surface area contributed by atoms with E-state index in [0.29, 0.717) is 0 Å². The van der Waals surface area contributed by atoms with Crippen LogP contribution in [0.25, 0.3) is 60.7 Å². The van der Waals surface area contributed by atoms with Gasteiger partial charge in [0, 0.05) is 55.7 Å². The summed E-state index contributed by atoms with van der Waals surface area (Å²) in [5.74, 6) is 0. The average Bonchev–Trinajstić information content (AvgIpc) is 3.63. The van der Waals surface area contributed by atoms with Gasteiger partial charge in [-0.3, -0.25) is 4.99 Å². The van der Waals surface area contributed by atoms with Gasteiger partial charge >= 0.3 is 0 Å². The van der Waals surface area contributed by atoms with Crippen molar-refractivity contribution in [2.24, 2.45) is 4.99 Å². The normalized spacial score (nSPS) is 14.6. The SMILES string of the molecule is C=C/C=C(\N=CC)c1cc2c3c(c1)-n1c4ccc(C(C)(C)C)cc4c4cc(C(C)(C)C)cc(c41)B3c1cc(C(C)(C)C)cc3c4cc(C(C)(C)C)ccc4n-2c13. The van der Waals surface area contributed by atoms with Crippen molar-refractivity contribution in [2.75, 3.05) is 0 Å². The molecule has 0 atom stereocenters. The monoisotopic (exact) mass is 733 g/mol. The van der Waals surface area contributed by atoms with E-state index in [0.717, 1.165) is 11.3 Å². The van der Waals surface area contributed by atoms with Gasteiger partial charge in [0.2, 0.25) is 0 Å². The molecule has 3 nitrogen and oxygen atoms in total. The van der Waals surface area contributed by atoms with Gasteiger partial charge in [0.1, 0.15) is 0 Å². The molecule has 2 aromatic heterocycles. The van der Waals surface area contributed by atoms with Gasteiger partial charge in [-0.25, -0.2) is 0 Å². The molecule has 0 saturated heterocycles. The fourth-order valence-electron chi connectivity index (χ4n) is 9.48. The van der Waals surface area contributed by atoms with E-state index in [1.807, 2.05) is 25.3 Å². The van der Waals surface area contributed by atoms with Crippen LogP contribution >= 0.6 is 0 Å². The van der Waals surface area contributed by atoms with E-state index in [2.05, 4.69) is 172 Å². The third kappa shape index (κ3) is 5.20. The van der Waals surface area contributed by atoms with Crippen molar-refractivity contribution in [3.63, 3.8) is 0 Å². The largest absolute Gasteiger partial charge is 0.310 e. The molecule has 0 radical (unpaired) electrons. The molecule has 5 aromatic carbocycles. The van der Waals surface area contributed by atoms with Gasteiger partial charge in [-0.1, -0.05) is 120 Å². The van der Waals surface area contributed by atoms with Crippen molar-refractivity contribution >= 4 is 78.6 Å². The number of rotatable bonds is 3. The quantitative estimate of drug-likeness (QED) is 0.0980. The fraction of sp³-hybridized carbons (Fsp3) is 0.327. The highest BCUT2D eigenvalue weighted by Crippen LogP contribution is 2.44. The van der Waals surface area contributed by atoms with Gasteiger partial charge < -0.3 is 9.13 Å². The molecule has 0 unspecified atom stereocenters. The van der Waals surface area contributed by atoms with E-state index in [-0.39, 0.29) is 28.4 Å². The number of hydrogen-bond donors (Lipinski definition) is 0. The number of fused-ring (bicyclic) bond motifs is 10. The van der Waals surface area contributed by atoms with Crippen LogP contribution in [0.15, 0.2) is 96.5 Å². The lowest BCUT2D eigenvalue weighted by molar-refractivity contribution is 0.590. The lowest BCUT2D eigenvalue weighted by Crippen LogP contribution is -2.59. The summed E-state index contributed by atoms with van der Waals surface area (Å²) in [7, 11) is 0. The molecule has 0 saturated carbocycles. The van der Waals surface area contributed by atoms with Gasteiger partial charge in [0.25, 0.3) is 6.71 Å². The van der Waals surface area contributed by atoms with Crippen LogP contribution in [0, 0.1) is 0 Å². The summed E-state index contributed by atoms with van der Waals surface area (Å²) >= 11 is 0. The maximum Gasteiger partial charge on any atom is 0.252 e. The first-order valence-corrected chi connectivity index (χ1v) is 20.5. The molecular formula is C52H56BN3. The second-order valence-electron chi connectivity index (χ2n) is 20.6. The average molecular weight is 734 g/mol. The number of nitrogens with zero attached hydrogens (tertiary/aromatic N) is 3. The predicted octanol–water partition coefficient (Wildman–Crippen LogP) is 11.8. The van der Waals surface area contributed by atoms with Crippen LogP contribution in [0.1, 0.15) is 118 Å². The minimum Gasteiger partial charge on any atom is -0.310 e. The zero-order chi connectivity index (χ0) is 40.0. The molecular weight excluding hydrogens is 677 g/mol. The number of aromatic nitrogens is 2. The van der Waals surface area contributed by atoms with E-state index in [9.17, 15) is 0 Å². The molecule has 2 aliphatic rings. The Morgan fingerprint density at radius 3 is 1.34 bits per heavy atom. The molecule has 9 rings (SSSR count). The second kappa shape index (κ2) is 11.7. The van der Waals surface area contributed by atoms with E-state index in [1.54, 1.807) is 0 Å². The van der Waals surface area contributed by atoms with E-state index >= 15 is 0 Å². The molecule has 4 heteroatoms. The zero-order valence-corrected chi connectivity index (χ0v) is 35.8. The van der Waals surface area contributed by atoms with Crippen LogP contribution < -0.4 is 16.4 Å². The Hall–Kier alpha value is -5.09. The third-order valence-electron chi connectivity index (χ3n) is 12.6. The third-order valence-corrected chi connectivity index (χ3v) is 12.6. The van der Waals surface area contributed by atoms with Crippen LogP contribution in [0.4, 0.5) is 0 Å². The van der Waals surface area contributed by atoms with Crippen LogP contribution in [0.3, 0.4) is 0 Å². The standard InChI is InChI=1S/C52H56BN3/c1-15-17-41(54-16-2)30-22-44-46-45(23-30)56-43-21-19-32(50(6,7)8)25-36(43)38-27-34(52(12,13)14)29-40(48(38)56)53(46)39-28-33(51(9,10)11)26-37-35-24-31(49(3,4)5)18-20-42(35)55(44)47(37)39/h15-29H,1H2,2-14H3/b41-17-,54-16?. The van der Waals surface area contributed by atoms with Gasteiger partial charge in [-0.05, 0) is 122 Å². The maximum atomic E-state index is 4.93. The van der Waals surface area contributed by atoms with Crippen LogP contribution in [-0.4, -0.2) is 22.1 Å². The van der Waals surface area contributed by atoms with Crippen molar-refractivity contribution < 1.29 is 0 Å². The highest BCUT2D eigenvalue weighted by Gasteiger charge is 2.43. The highest BCUT2D eigenvalue weighted by atomic mass is 15.0. The van der Waals surface area contributed by atoms with Crippen LogP contribution in [-0.2, 0) is 21.7 Å². The Morgan fingerprint density at radius 1 is 0.554 bits per heavy atom. The summed E-state index contributed by atoms with van der Waals surface area (Å²) in [5, 5.41) is 5.31. The Kier molecular flexibility index (Phi) is 7.65. The van der Waals surface area contributed by atoms with E-state index < -0.39 is 0 Å². The summed E-state index contributed by atoms with van der Waals surface area (Å²) in [6, 6.07) is 29.3. The molecule has 4 heterocycles. The van der Waals surface area contributed by atoms with Crippen molar-refractivity contribution in [2.45, 2.75) is 112 Å². The van der Waals surface area contributed by atoms with Gasteiger partial charge in [0.05, 0.1) is 16.7 Å². The molecule has 0 spiro atoms. The number of aliphatic imine (C=N–C) groups is 1. The first kappa shape index (κ1) is 36.5. The van der Waals surface area contributed by atoms with Crippen molar-refractivity contribution in [1.82, 2.24) is 9.13 Å². The Labute approximate surface area is 333 Å². The summed E-state index contributed by atoms with van der Waals surface area (Å²) < 4.78 is 5.19. The van der Waals surface area contributed by atoms with Gasteiger partial charge in [0.15, 0.2) is 0 Å². The minimum absolute atomic E-state index is 0.0238. The Morgan fingerprint density at radius 2 is 0.964 bits per heavy atom. The van der Waals surface area contributed by atoms with Crippen molar-refractivity contribution in [1.29, 1.82) is 0 Å². The van der Waals surface area contributed by atoms with Crippen LogP contribution in [0.2, 0.25) is 0 Å². The Bertz CT molecular complexity index is 2730. The Balaban J connectivity index is 1.55. The predicted molar refractivity (Wildman–Crippen MR) is 247 cm³/mol. The molecule has 2 aliphatic heterocycles. The molecule has 282 valence electrons. The topological polar surface area (TPSA) is 22.2 Å². The number of benzene rings is 5. The van der Waals surface area contributed by atoms with Gasteiger partial charge in [-0.15, -0.1) is 0 Å².